The largest absolute Gasteiger partial charge is 0.366 e. The molecule has 0 aromatic carbocycles. The van der Waals surface area contributed by atoms with E-state index < -0.39 is 5.91 Å². The number of hydrogen-bond acceptors (Lipinski definition) is 5. The van der Waals surface area contributed by atoms with Crippen molar-refractivity contribution in [3.63, 3.8) is 0 Å². The van der Waals surface area contributed by atoms with E-state index in [1.54, 1.807) is 29.2 Å². The summed E-state index contributed by atoms with van der Waals surface area (Å²) < 4.78 is 1.71. The number of nitrogens with two attached hydrogens (primary N) is 1. The average Bonchev–Trinajstić information content (AvgIpc) is 3.07. The number of aryl methyl sites for hydroxylation is 1. The number of aromatic nitrogens is 4. The van der Waals surface area contributed by atoms with Crippen LogP contribution in [0, 0.1) is 0 Å². The highest BCUT2D eigenvalue weighted by Gasteiger charge is 2.15. The maximum atomic E-state index is 11.4. The predicted molar refractivity (Wildman–Crippen MR) is 76.1 cm³/mol. The third kappa shape index (κ3) is 2.19. The van der Waals surface area contributed by atoms with Gasteiger partial charge in [0.05, 0.1) is 17.5 Å². The first-order valence-electron chi connectivity index (χ1n) is 5.85. The Balaban J connectivity index is 2.05. The molecule has 1 amide bonds. The second kappa shape index (κ2) is 4.86. The lowest BCUT2D eigenvalue weighted by Gasteiger charge is -2.01. The van der Waals surface area contributed by atoms with Crippen LogP contribution in [0.25, 0.3) is 22.0 Å². The summed E-state index contributed by atoms with van der Waals surface area (Å²) in [4.78, 5) is 20.1. The van der Waals surface area contributed by atoms with Gasteiger partial charge in [-0.3, -0.25) is 14.5 Å². The molecule has 0 atom stereocenters. The number of carbonyl (C=O) groups is 1. The van der Waals surface area contributed by atoms with Gasteiger partial charge in [0.1, 0.15) is 10.7 Å². The molecule has 3 aromatic heterocycles. The summed E-state index contributed by atoms with van der Waals surface area (Å²) in [7, 11) is 1.85. The zero-order valence-electron chi connectivity index (χ0n) is 10.6. The summed E-state index contributed by atoms with van der Waals surface area (Å²) >= 11 is 1.42. The molecule has 0 aliphatic carbocycles. The smallest absolute Gasteiger partial charge is 0.251 e. The summed E-state index contributed by atoms with van der Waals surface area (Å²) in [5, 5.41) is 6.69. The highest BCUT2D eigenvalue weighted by Crippen LogP contribution is 2.29. The zero-order chi connectivity index (χ0) is 14.1. The van der Waals surface area contributed by atoms with Gasteiger partial charge in [-0.05, 0) is 12.1 Å². The van der Waals surface area contributed by atoms with E-state index in [4.69, 9.17) is 5.73 Å². The topological polar surface area (TPSA) is 86.7 Å². The summed E-state index contributed by atoms with van der Waals surface area (Å²) in [6, 6.07) is 3.33. The number of pyridine rings is 1. The third-order valence-electron chi connectivity index (χ3n) is 2.78. The monoisotopic (exact) mass is 285 g/mol. The van der Waals surface area contributed by atoms with Crippen molar-refractivity contribution in [2.24, 2.45) is 12.8 Å². The molecule has 0 bridgehead atoms. The molecule has 0 saturated heterocycles. The van der Waals surface area contributed by atoms with Gasteiger partial charge in [-0.2, -0.15) is 5.10 Å². The van der Waals surface area contributed by atoms with E-state index in [2.05, 4.69) is 15.1 Å². The van der Waals surface area contributed by atoms with Crippen LogP contribution in [0.4, 0.5) is 0 Å². The highest BCUT2D eigenvalue weighted by atomic mass is 32.1. The number of rotatable bonds is 3. The van der Waals surface area contributed by atoms with Crippen molar-refractivity contribution in [1.29, 1.82) is 0 Å². The molecule has 0 fully saturated rings. The summed E-state index contributed by atoms with van der Waals surface area (Å²) in [5.74, 6) is -0.508. The van der Waals surface area contributed by atoms with Crippen molar-refractivity contribution in [2.75, 3.05) is 0 Å². The summed E-state index contributed by atoms with van der Waals surface area (Å²) in [5.41, 5.74) is 7.97. The van der Waals surface area contributed by atoms with Gasteiger partial charge in [0.25, 0.3) is 5.91 Å². The minimum atomic E-state index is -0.508. The van der Waals surface area contributed by atoms with E-state index in [1.807, 2.05) is 18.6 Å². The van der Waals surface area contributed by atoms with E-state index in [0.717, 1.165) is 11.3 Å². The van der Waals surface area contributed by atoms with Gasteiger partial charge in [-0.1, -0.05) is 0 Å². The predicted octanol–water partition coefficient (Wildman–Crippen LogP) is 1.70. The summed E-state index contributed by atoms with van der Waals surface area (Å²) in [6.07, 6.45) is 5.24. The number of thiazole rings is 1. The fourth-order valence-corrected chi connectivity index (χ4v) is 2.68. The lowest BCUT2D eigenvalue weighted by Crippen LogP contribution is -2.12. The number of hydrogen-bond donors (Lipinski definition) is 1. The number of primary amides is 1. The van der Waals surface area contributed by atoms with E-state index in [9.17, 15) is 4.79 Å². The number of amides is 1. The maximum Gasteiger partial charge on any atom is 0.251 e. The average molecular weight is 285 g/mol. The Bertz CT molecular complexity index is 776. The van der Waals surface area contributed by atoms with E-state index in [0.29, 0.717) is 16.3 Å². The van der Waals surface area contributed by atoms with Crippen LogP contribution >= 0.6 is 11.3 Å². The first-order chi connectivity index (χ1) is 9.65. The Morgan fingerprint density at radius 2 is 2.30 bits per heavy atom. The number of nitrogens with zero attached hydrogens (tertiary/aromatic N) is 4. The van der Waals surface area contributed by atoms with Gasteiger partial charge < -0.3 is 5.73 Å². The molecule has 20 heavy (non-hydrogen) atoms. The zero-order valence-corrected chi connectivity index (χ0v) is 11.5. The third-order valence-corrected chi connectivity index (χ3v) is 3.63. The SMILES string of the molecule is Cn1cc(-c2csc(-c3ncccc3C(N)=O)n2)cn1. The molecule has 0 aliphatic rings. The van der Waals surface area contributed by atoms with Gasteiger partial charge in [0.15, 0.2) is 0 Å². The molecule has 0 saturated carbocycles. The van der Waals surface area contributed by atoms with Crippen LogP contribution in [0.5, 0.6) is 0 Å². The normalized spacial score (nSPS) is 10.7. The van der Waals surface area contributed by atoms with Crippen LogP contribution in [0.1, 0.15) is 10.4 Å². The van der Waals surface area contributed by atoms with Gasteiger partial charge in [0, 0.05) is 30.4 Å². The molecule has 2 N–H and O–H groups in total. The lowest BCUT2D eigenvalue weighted by molar-refractivity contribution is 0.100. The molecular weight excluding hydrogens is 274 g/mol. The second-order valence-electron chi connectivity index (χ2n) is 4.20. The van der Waals surface area contributed by atoms with E-state index in [1.165, 1.54) is 11.3 Å². The Morgan fingerprint density at radius 3 is 3.00 bits per heavy atom. The molecule has 6 nitrogen and oxygen atoms in total. The minimum Gasteiger partial charge on any atom is -0.366 e. The first-order valence-corrected chi connectivity index (χ1v) is 6.73. The molecule has 3 aromatic rings. The van der Waals surface area contributed by atoms with E-state index in [-0.39, 0.29) is 0 Å². The molecular formula is C13H11N5OS. The molecule has 3 heterocycles. The van der Waals surface area contributed by atoms with Crippen molar-refractivity contribution in [3.05, 3.63) is 41.7 Å². The van der Waals surface area contributed by atoms with E-state index >= 15 is 0 Å². The van der Waals surface area contributed by atoms with Gasteiger partial charge in [-0.15, -0.1) is 11.3 Å². The highest BCUT2D eigenvalue weighted by molar-refractivity contribution is 7.13. The van der Waals surface area contributed by atoms with Crippen molar-refractivity contribution >= 4 is 17.2 Å². The summed E-state index contributed by atoms with van der Waals surface area (Å²) in [6.45, 7) is 0. The van der Waals surface area contributed by atoms with Crippen LogP contribution in [-0.4, -0.2) is 25.7 Å². The van der Waals surface area contributed by atoms with Crippen molar-refractivity contribution < 1.29 is 4.79 Å². The van der Waals surface area contributed by atoms with Gasteiger partial charge >= 0.3 is 0 Å². The molecule has 0 unspecified atom stereocenters. The van der Waals surface area contributed by atoms with Crippen LogP contribution in [0.2, 0.25) is 0 Å². The maximum absolute atomic E-state index is 11.4. The fraction of sp³-hybridized carbons (Fsp3) is 0.0769. The van der Waals surface area contributed by atoms with Crippen molar-refractivity contribution in [1.82, 2.24) is 19.7 Å². The number of carbonyl (C=O) groups excluding carboxylic acids is 1. The molecule has 0 radical (unpaired) electrons. The Kier molecular flexibility index (Phi) is 3.03. The van der Waals surface area contributed by atoms with Gasteiger partial charge in [0.2, 0.25) is 0 Å². The molecule has 7 heteroatoms. The van der Waals surface area contributed by atoms with Gasteiger partial charge in [-0.25, -0.2) is 4.98 Å². The van der Waals surface area contributed by atoms with Crippen LogP contribution < -0.4 is 5.73 Å². The standard InChI is InChI=1S/C13H11N5OS/c1-18-6-8(5-16-18)10-7-20-13(17-10)11-9(12(14)19)3-2-4-15-11/h2-7H,1H3,(H2,14,19). The fourth-order valence-electron chi connectivity index (χ4n) is 1.84. The van der Waals surface area contributed by atoms with Crippen molar-refractivity contribution in [3.8, 4) is 22.0 Å². The Labute approximate surface area is 118 Å². The van der Waals surface area contributed by atoms with Crippen LogP contribution in [-0.2, 0) is 7.05 Å². The Morgan fingerprint density at radius 1 is 1.45 bits per heavy atom. The van der Waals surface area contributed by atoms with Crippen LogP contribution in [0.15, 0.2) is 36.1 Å². The molecule has 3 rings (SSSR count). The molecule has 100 valence electrons. The van der Waals surface area contributed by atoms with Crippen molar-refractivity contribution in [2.45, 2.75) is 0 Å². The second-order valence-corrected chi connectivity index (χ2v) is 5.06. The molecule has 0 aliphatic heterocycles. The minimum absolute atomic E-state index is 0.375. The quantitative estimate of drug-likeness (QED) is 0.793. The first kappa shape index (κ1) is 12.5. The molecule has 0 spiro atoms. The van der Waals surface area contributed by atoms with Crippen LogP contribution in [0.3, 0.4) is 0 Å². The lowest BCUT2D eigenvalue weighted by atomic mass is 10.2. The Hall–Kier alpha value is -2.54.